The largest absolute Gasteiger partial charge is 0.471 e. The van der Waals surface area contributed by atoms with E-state index in [0.717, 1.165) is 22.8 Å². The van der Waals surface area contributed by atoms with Gasteiger partial charge in [-0.15, -0.1) is 0 Å². The van der Waals surface area contributed by atoms with Crippen molar-refractivity contribution in [3.63, 3.8) is 0 Å². The second-order valence-electron chi connectivity index (χ2n) is 6.13. The van der Waals surface area contributed by atoms with E-state index in [1.165, 1.54) is 5.56 Å². The molecule has 1 aromatic carbocycles. The first-order valence-electron chi connectivity index (χ1n) is 6.82. The molecule has 1 aromatic heterocycles. The summed E-state index contributed by atoms with van der Waals surface area (Å²) in [4.78, 5) is 0. The van der Waals surface area contributed by atoms with E-state index in [-0.39, 0.29) is 5.41 Å². The van der Waals surface area contributed by atoms with Crippen LogP contribution >= 0.6 is 0 Å². The van der Waals surface area contributed by atoms with Crippen molar-refractivity contribution < 1.29 is 4.74 Å². The Morgan fingerprint density at radius 3 is 2.20 bits per heavy atom. The van der Waals surface area contributed by atoms with E-state index in [0.29, 0.717) is 6.73 Å². The minimum atomic E-state index is 0.155. The second-order valence-corrected chi connectivity index (χ2v) is 6.13. The van der Waals surface area contributed by atoms with Crippen LogP contribution in [0.2, 0.25) is 0 Å². The summed E-state index contributed by atoms with van der Waals surface area (Å²) in [7, 11) is 0. The minimum absolute atomic E-state index is 0.155. The van der Waals surface area contributed by atoms with E-state index in [1.807, 2.05) is 26.0 Å². The zero-order chi connectivity index (χ0) is 14.9. The number of benzene rings is 1. The maximum absolute atomic E-state index is 5.90. The Balaban J connectivity index is 2.06. The molecule has 0 aliphatic carbocycles. The highest BCUT2D eigenvalue weighted by atomic mass is 16.5. The van der Waals surface area contributed by atoms with Crippen LogP contribution < -0.4 is 10.5 Å². The number of nitrogen functional groups attached to an aromatic ring is 1. The molecule has 0 atom stereocenters. The quantitative estimate of drug-likeness (QED) is 0.932. The number of hydrogen-bond donors (Lipinski definition) is 1. The molecular formula is C16H23N3O. The summed E-state index contributed by atoms with van der Waals surface area (Å²) in [5.74, 6) is 0.837. The van der Waals surface area contributed by atoms with Gasteiger partial charge in [0, 0.05) is 0 Å². The number of aryl methyl sites for hydroxylation is 1. The molecule has 0 unspecified atom stereocenters. The van der Waals surface area contributed by atoms with Crippen LogP contribution in [0.1, 0.15) is 37.7 Å². The fourth-order valence-corrected chi connectivity index (χ4v) is 2.02. The third-order valence-electron chi connectivity index (χ3n) is 3.51. The third kappa shape index (κ3) is 2.95. The van der Waals surface area contributed by atoms with Gasteiger partial charge in [-0.3, -0.25) is 0 Å². The molecule has 0 saturated carbocycles. The van der Waals surface area contributed by atoms with Gasteiger partial charge in [-0.2, -0.15) is 5.10 Å². The highest BCUT2D eigenvalue weighted by molar-refractivity contribution is 5.46. The SMILES string of the molecule is Cc1nn(COc2ccc(C(C)(C)C)cc2)c(C)c1N. The summed E-state index contributed by atoms with van der Waals surface area (Å²) < 4.78 is 7.53. The Morgan fingerprint density at radius 1 is 1.15 bits per heavy atom. The van der Waals surface area contributed by atoms with E-state index in [9.17, 15) is 0 Å². The van der Waals surface area contributed by atoms with Crippen molar-refractivity contribution in [3.05, 3.63) is 41.2 Å². The lowest BCUT2D eigenvalue weighted by molar-refractivity contribution is 0.218. The van der Waals surface area contributed by atoms with Crippen molar-refractivity contribution in [2.45, 2.75) is 46.8 Å². The first-order chi connectivity index (χ1) is 9.29. The fraction of sp³-hybridized carbons (Fsp3) is 0.438. The summed E-state index contributed by atoms with van der Waals surface area (Å²) in [6.07, 6.45) is 0. The van der Waals surface area contributed by atoms with Crippen LogP contribution in [0.4, 0.5) is 5.69 Å². The van der Waals surface area contributed by atoms with Crippen LogP contribution in [0.3, 0.4) is 0 Å². The molecule has 0 aliphatic rings. The predicted molar refractivity (Wildman–Crippen MR) is 81.9 cm³/mol. The van der Waals surface area contributed by atoms with Crippen molar-refractivity contribution in [2.75, 3.05) is 5.73 Å². The predicted octanol–water partition coefficient (Wildman–Crippen LogP) is 3.42. The van der Waals surface area contributed by atoms with Gasteiger partial charge in [0.15, 0.2) is 6.73 Å². The Bertz CT molecular complexity index is 591. The lowest BCUT2D eigenvalue weighted by Crippen LogP contribution is -2.11. The molecule has 0 bridgehead atoms. The molecule has 0 fully saturated rings. The van der Waals surface area contributed by atoms with Gasteiger partial charge in [0.25, 0.3) is 0 Å². The molecule has 0 saturated heterocycles. The van der Waals surface area contributed by atoms with Crippen molar-refractivity contribution in [1.82, 2.24) is 9.78 Å². The Labute approximate surface area is 120 Å². The molecule has 1 heterocycles. The number of ether oxygens (including phenoxy) is 1. The lowest BCUT2D eigenvalue weighted by Gasteiger charge is -2.19. The van der Waals surface area contributed by atoms with Crippen molar-refractivity contribution in [3.8, 4) is 5.75 Å². The van der Waals surface area contributed by atoms with Gasteiger partial charge in [0.05, 0.1) is 17.1 Å². The van der Waals surface area contributed by atoms with E-state index in [4.69, 9.17) is 10.5 Å². The topological polar surface area (TPSA) is 53.1 Å². The van der Waals surface area contributed by atoms with Gasteiger partial charge in [-0.05, 0) is 37.0 Å². The van der Waals surface area contributed by atoms with Crippen LogP contribution in [-0.2, 0) is 12.1 Å². The van der Waals surface area contributed by atoms with Gasteiger partial charge >= 0.3 is 0 Å². The van der Waals surface area contributed by atoms with Gasteiger partial charge < -0.3 is 10.5 Å². The van der Waals surface area contributed by atoms with Crippen LogP contribution in [0.5, 0.6) is 5.75 Å². The highest BCUT2D eigenvalue weighted by Crippen LogP contribution is 2.24. The van der Waals surface area contributed by atoms with E-state index < -0.39 is 0 Å². The summed E-state index contributed by atoms with van der Waals surface area (Å²) in [6, 6.07) is 8.20. The monoisotopic (exact) mass is 273 g/mol. The molecule has 2 aromatic rings. The van der Waals surface area contributed by atoms with Crippen molar-refractivity contribution >= 4 is 5.69 Å². The average Bonchev–Trinajstić information content (AvgIpc) is 2.63. The number of rotatable bonds is 3. The molecule has 4 nitrogen and oxygen atoms in total. The van der Waals surface area contributed by atoms with Crippen molar-refractivity contribution in [2.24, 2.45) is 0 Å². The molecule has 2 N–H and O–H groups in total. The van der Waals surface area contributed by atoms with Crippen LogP contribution in [0.25, 0.3) is 0 Å². The average molecular weight is 273 g/mol. The highest BCUT2D eigenvalue weighted by Gasteiger charge is 2.13. The van der Waals surface area contributed by atoms with E-state index in [2.05, 4.69) is 38.0 Å². The number of nitrogens with zero attached hydrogens (tertiary/aromatic N) is 2. The summed E-state index contributed by atoms with van der Waals surface area (Å²) in [5, 5.41) is 4.35. The number of anilines is 1. The molecule has 0 radical (unpaired) electrons. The zero-order valence-corrected chi connectivity index (χ0v) is 12.9. The molecule has 0 aliphatic heterocycles. The van der Waals surface area contributed by atoms with Crippen molar-refractivity contribution in [1.29, 1.82) is 0 Å². The number of aromatic nitrogens is 2. The standard InChI is InChI=1S/C16H23N3O/c1-11-15(17)12(2)19(18-11)10-20-14-8-6-13(7-9-14)16(3,4)5/h6-9H,10,17H2,1-5H3. The molecule has 2 rings (SSSR count). The molecule has 20 heavy (non-hydrogen) atoms. The normalized spacial score (nSPS) is 11.7. The summed E-state index contributed by atoms with van der Waals surface area (Å²) in [6.45, 7) is 10.8. The zero-order valence-electron chi connectivity index (χ0n) is 12.9. The van der Waals surface area contributed by atoms with Crippen LogP contribution in [0.15, 0.2) is 24.3 Å². The second kappa shape index (κ2) is 5.19. The van der Waals surface area contributed by atoms with Crippen LogP contribution in [0, 0.1) is 13.8 Å². The fourth-order valence-electron chi connectivity index (χ4n) is 2.02. The first-order valence-corrected chi connectivity index (χ1v) is 6.82. The van der Waals surface area contributed by atoms with E-state index in [1.54, 1.807) is 4.68 Å². The molecule has 0 amide bonds. The summed E-state index contributed by atoms with van der Waals surface area (Å²) in [5.41, 5.74) is 9.86. The van der Waals surface area contributed by atoms with Gasteiger partial charge in [0.1, 0.15) is 5.75 Å². The smallest absolute Gasteiger partial charge is 0.181 e. The maximum Gasteiger partial charge on any atom is 0.181 e. The number of nitrogens with two attached hydrogens (primary N) is 1. The Morgan fingerprint density at radius 2 is 1.75 bits per heavy atom. The number of hydrogen-bond acceptors (Lipinski definition) is 3. The van der Waals surface area contributed by atoms with Crippen LogP contribution in [-0.4, -0.2) is 9.78 Å². The molecule has 4 heteroatoms. The molecular weight excluding hydrogens is 250 g/mol. The minimum Gasteiger partial charge on any atom is -0.471 e. The van der Waals surface area contributed by atoms with E-state index >= 15 is 0 Å². The first kappa shape index (κ1) is 14.4. The third-order valence-corrected chi connectivity index (χ3v) is 3.51. The maximum atomic E-state index is 5.90. The Hall–Kier alpha value is -1.97. The van der Waals surface area contributed by atoms with Gasteiger partial charge in [-0.1, -0.05) is 32.9 Å². The van der Waals surface area contributed by atoms with Gasteiger partial charge in [-0.25, -0.2) is 4.68 Å². The lowest BCUT2D eigenvalue weighted by atomic mass is 9.87. The van der Waals surface area contributed by atoms with Gasteiger partial charge in [0.2, 0.25) is 0 Å². The Kier molecular flexibility index (Phi) is 3.75. The summed E-state index contributed by atoms with van der Waals surface area (Å²) >= 11 is 0. The molecule has 0 spiro atoms. The molecule has 108 valence electrons.